The van der Waals surface area contributed by atoms with Gasteiger partial charge in [0.2, 0.25) is 10.0 Å². The molecule has 6 heteroatoms. The van der Waals surface area contributed by atoms with Crippen LogP contribution in [-0.2, 0) is 10.0 Å². The predicted octanol–water partition coefficient (Wildman–Crippen LogP) is 2.03. The summed E-state index contributed by atoms with van der Waals surface area (Å²) in [4.78, 5) is 4.34. The highest BCUT2D eigenvalue weighted by atomic mass is 32.2. The minimum Gasteiger partial charge on any atom is -0.329 e. The lowest BCUT2D eigenvalue weighted by Crippen LogP contribution is -2.44. The summed E-state index contributed by atoms with van der Waals surface area (Å²) in [6.45, 7) is 0.330. The van der Waals surface area contributed by atoms with E-state index < -0.39 is 10.0 Å². The minimum absolute atomic E-state index is 0.190. The molecule has 5 nitrogen and oxygen atoms in total. The number of hydrogen-bond acceptors (Lipinski definition) is 4. The van der Waals surface area contributed by atoms with Gasteiger partial charge in [0.05, 0.1) is 4.90 Å². The summed E-state index contributed by atoms with van der Waals surface area (Å²) in [6, 6.07) is 6.78. The van der Waals surface area contributed by atoms with Crippen LogP contribution in [0, 0.1) is 5.92 Å². The summed E-state index contributed by atoms with van der Waals surface area (Å²) in [5.41, 5.74) is 5.81. The number of hydrogen-bond donors (Lipinski definition) is 2. The molecule has 0 amide bonds. The van der Waals surface area contributed by atoms with Gasteiger partial charge in [-0.25, -0.2) is 13.1 Å². The molecule has 1 heterocycles. The lowest BCUT2D eigenvalue weighted by molar-refractivity contribution is 0.406. The van der Waals surface area contributed by atoms with Gasteiger partial charge < -0.3 is 5.73 Å². The average molecular weight is 319 g/mol. The molecule has 1 aromatic heterocycles. The molecule has 1 aromatic carbocycles. The Morgan fingerprint density at radius 1 is 1.27 bits per heavy atom. The van der Waals surface area contributed by atoms with Crippen molar-refractivity contribution >= 4 is 20.8 Å². The van der Waals surface area contributed by atoms with E-state index in [1.807, 2.05) is 6.07 Å². The SMILES string of the molecule is NCC(NS(=O)(=O)c1cccc2cnccc12)C1CCCC1. The second-order valence-corrected chi connectivity index (χ2v) is 7.54. The van der Waals surface area contributed by atoms with Crippen molar-refractivity contribution in [2.45, 2.75) is 36.6 Å². The van der Waals surface area contributed by atoms with E-state index in [1.54, 1.807) is 30.6 Å². The van der Waals surface area contributed by atoms with E-state index in [0.29, 0.717) is 22.7 Å². The van der Waals surface area contributed by atoms with E-state index in [0.717, 1.165) is 31.1 Å². The van der Waals surface area contributed by atoms with Gasteiger partial charge >= 0.3 is 0 Å². The van der Waals surface area contributed by atoms with Crippen molar-refractivity contribution in [3.8, 4) is 0 Å². The fourth-order valence-electron chi connectivity index (χ4n) is 3.29. The molecule has 3 rings (SSSR count). The molecule has 2 aromatic rings. The van der Waals surface area contributed by atoms with Gasteiger partial charge in [0.1, 0.15) is 0 Å². The van der Waals surface area contributed by atoms with Crippen molar-refractivity contribution in [2.24, 2.45) is 11.7 Å². The van der Waals surface area contributed by atoms with Crippen LogP contribution in [0.25, 0.3) is 10.8 Å². The second kappa shape index (κ2) is 6.32. The number of sulfonamides is 1. The van der Waals surface area contributed by atoms with Gasteiger partial charge in [-0.1, -0.05) is 25.0 Å². The third-order valence-electron chi connectivity index (χ3n) is 4.46. The first-order chi connectivity index (χ1) is 10.6. The maximum atomic E-state index is 12.8. The van der Waals surface area contributed by atoms with Crippen molar-refractivity contribution in [1.29, 1.82) is 0 Å². The Bertz CT molecular complexity index is 750. The first-order valence-electron chi connectivity index (χ1n) is 7.67. The van der Waals surface area contributed by atoms with Gasteiger partial charge in [0.15, 0.2) is 0 Å². The van der Waals surface area contributed by atoms with Crippen molar-refractivity contribution in [3.63, 3.8) is 0 Å². The lowest BCUT2D eigenvalue weighted by atomic mass is 9.99. The normalized spacial score (nSPS) is 17.9. The number of rotatable bonds is 5. The van der Waals surface area contributed by atoms with Gasteiger partial charge in [-0.2, -0.15) is 0 Å². The highest BCUT2D eigenvalue weighted by Crippen LogP contribution is 2.29. The maximum Gasteiger partial charge on any atom is 0.241 e. The van der Waals surface area contributed by atoms with E-state index >= 15 is 0 Å². The smallest absolute Gasteiger partial charge is 0.241 e. The zero-order chi connectivity index (χ0) is 15.6. The lowest BCUT2D eigenvalue weighted by Gasteiger charge is -2.23. The number of nitrogens with two attached hydrogens (primary N) is 1. The molecule has 1 aliphatic rings. The average Bonchev–Trinajstić information content (AvgIpc) is 3.06. The monoisotopic (exact) mass is 319 g/mol. The summed E-state index contributed by atoms with van der Waals surface area (Å²) >= 11 is 0. The molecular weight excluding hydrogens is 298 g/mol. The Labute approximate surface area is 131 Å². The Morgan fingerprint density at radius 3 is 2.77 bits per heavy atom. The van der Waals surface area contributed by atoms with Crippen LogP contribution < -0.4 is 10.5 Å². The Hall–Kier alpha value is -1.50. The molecule has 0 aliphatic heterocycles. The Morgan fingerprint density at radius 2 is 2.05 bits per heavy atom. The molecule has 0 radical (unpaired) electrons. The van der Waals surface area contributed by atoms with E-state index in [9.17, 15) is 8.42 Å². The van der Waals surface area contributed by atoms with E-state index in [2.05, 4.69) is 9.71 Å². The summed E-state index contributed by atoms with van der Waals surface area (Å²) in [6.07, 6.45) is 7.68. The van der Waals surface area contributed by atoms with Crippen LogP contribution in [-0.4, -0.2) is 26.0 Å². The van der Waals surface area contributed by atoms with Crippen LogP contribution in [0.15, 0.2) is 41.6 Å². The number of pyridine rings is 1. The molecular formula is C16H21N3O2S. The number of aromatic nitrogens is 1. The zero-order valence-electron chi connectivity index (χ0n) is 12.4. The maximum absolute atomic E-state index is 12.8. The third kappa shape index (κ3) is 2.99. The molecule has 3 N–H and O–H groups in total. The van der Waals surface area contributed by atoms with Gasteiger partial charge in [-0.15, -0.1) is 0 Å². The second-order valence-electron chi connectivity index (χ2n) is 5.86. The quantitative estimate of drug-likeness (QED) is 0.883. The summed E-state index contributed by atoms with van der Waals surface area (Å²) < 4.78 is 28.4. The third-order valence-corrected chi connectivity index (χ3v) is 6.01. The number of fused-ring (bicyclic) bond motifs is 1. The van der Waals surface area contributed by atoms with Gasteiger partial charge in [-0.05, 0) is 30.9 Å². The van der Waals surface area contributed by atoms with Crippen LogP contribution in [0.3, 0.4) is 0 Å². The standard InChI is InChI=1S/C16H21N3O2S/c17-10-15(12-4-1-2-5-12)19-22(20,21)16-7-3-6-13-11-18-9-8-14(13)16/h3,6-9,11-12,15,19H,1-2,4-5,10,17H2. The van der Waals surface area contributed by atoms with Crippen molar-refractivity contribution in [2.75, 3.05) is 6.54 Å². The van der Waals surface area contributed by atoms with E-state index in [1.165, 1.54) is 0 Å². The first-order valence-corrected chi connectivity index (χ1v) is 9.15. The molecule has 1 aliphatic carbocycles. The van der Waals surface area contributed by atoms with Crippen LogP contribution in [0.4, 0.5) is 0 Å². The molecule has 1 saturated carbocycles. The van der Waals surface area contributed by atoms with Crippen molar-refractivity contribution in [1.82, 2.24) is 9.71 Å². The number of nitrogens with zero attached hydrogens (tertiary/aromatic N) is 1. The fraction of sp³-hybridized carbons (Fsp3) is 0.438. The molecule has 1 unspecified atom stereocenters. The Balaban J connectivity index is 1.94. The molecule has 0 bridgehead atoms. The summed E-state index contributed by atoms with van der Waals surface area (Å²) in [7, 11) is -3.59. The fourth-order valence-corrected chi connectivity index (χ4v) is 4.83. The molecule has 1 atom stereocenters. The molecule has 0 spiro atoms. The van der Waals surface area contributed by atoms with Gasteiger partial charge in [-0.3, -0.25) is 4.98 Å². The number of nitrogens with one attached hydrogen (secondary N) is 1. The van der Waals surface area contributed by atoms with Crippen molar-refractivity contribution < 1.29 is 8.42 Å². The van der Waals surface area contributed by atoms with Gasteiger partial charge in [0.25, 0.3) is 0 Å². The van der Waals surface area contributed by atoms with Gasteiger partial charge in [0, 0.05) is 35.8 Å². The molecule has 118 valence electrons. The van der Waals surface area contributed by atoms with Crippen LogP contribution in [0.1, 0.15) is 25.7 Å². The topological polar surface area (TPSA) is 85.1 Å². The largest absolute Gasteiger partial charge is 0.329 e. The molecule has 0 saturated heterocycles. The van der Waals surface area contributed by atoms with Crippen LogP contribution in [0.5, 0.6) is 0 Å². The zero-order valence-corrected chi connectivity index (χ0v) is 13.2. The predicted molar refractivity (Wildman–Crippen MR) is 86.9 cm³/mol. The van der Waals surface area contributed by atoms with E-state index in [4.69, 9.17) is 5.73 Å². The minimum atomic E-state index is -3.59. The van der Waals surface area contributed by atoms with Crippen LogP contribution >= 0.6 is 0 Å². The summed E-state index contributed by atoms with van der Waals surface area (Å²) in [5.74, 6) is 0.344. The van der Waals surface area contributed by atoms with Crippen LogP contribution in [0.2, 0.25) is 0 Å². The highest BCUT2D eigenvalue weighted by Gasteiger charge is 2.29. The first kappa shape index (κ1) is 15.4. The summed E-state index contributed by atoms with van der Waals surface area (Å²) in [5, 5.41) is 1.50. The molecule has 1 fully saturated rings. The molecule has 22 heavy (non-hydrogen) atoms. The Kier molecular flexibility index (Phi) is 4.42. The highest BCUT2D eigenvalue weighted by molar-refractivity contribution is 7.89. The van der Waals surface area contributed by atoms with Crippen molar-refractivity contribution in [3.05, 3.63) is 36.7 Å². The van der Waals surface area contributed by atoms with E-state index in [-0.39, 0.29) is 6.04 Å². The number of benzene rings is 1.